The van der Waals surface area contributed by atoms with Gasteiger partial charge < -0.3 is 5.32 Å². The van der Waals surface area contributed by atoms with Crippen LogP contribution in [-0.2, 0) is 5.54 Å². The number of rotatable bonds is 2. The normalized spacial score (nSPS) is 12.0. The van der Waals surface area contributed by atoms with E-state index in [1.807, 2.05) is 14.0 Å². The van der Waals surface area contributed by atoms with Crippen LogP contribution >= 0.6 is 0 Å². The third kappa shape index (κ3) is 1.93. The van der Waals surface area contributed by atoms with E-state index in [0.717, 1.165) is 11.2 Å². The van der Waals surface area contributed by atoms with Gasteiger partial charge in [0.15, 0.2) is 0 Å². The standard InChI is InChI=1S/C14H18N2/c1-10-5-6-11-9-12(14(2,3)15-4)7-8-13(11)16-10/h5-9,15H,1-4H3. The van der Waals surface area contributed by atoms with Gasteiger partial charge in [-0.2, -0.15) is 0 Å². The Bertz CT molecular complexity index is 515. The van der Waals surface area contributed by atoms with Gasteiger partial charge in [0, 0.05) is 16.6 Å². The monoisotopic (exact) mass is 214 g/mol. The van der Waals surface area contributed by atoms with E-state index in [0.29, 0.717) is 0 Å². The Morgan fingerprint density at radius 2 is 1.88 bits per heavy atom. The van der Waals surface area contributed by atoms with Crippen LogP contribution in [0.1, 0.15) is 25.1 Å². The molecule has 0 aliphatic rings. The zero-order valence-electron chi connectivity index (χ0n) is 10.3. The number of hydrogen-bond acceptors (Lipinski definition) is 2. The van der Waals surface area contributed by atoms with Gasteiger partial charge >= 0.3 is 0 Å². The predicted molar refractivity (Wildman–Crippen MR) is 68.6 cm³/mol. The number of nitrogens with zero attached hydrogens (tertiary/aromatic N) is 1. The van der Waals surface area contributed by atoms with Crippen LogP contribution in [0.3, 0.4) is 0 Å². The molecule has 1 aromatic heterocycles. The van der Waals surface area contributed by atoms with Crippen LogP contribution in [0.5, 0.6) is 0 Å². The SMILES string of the molecule is CNC(C)(C)c1ccc2nc(C)ccc2c1. The molecule has 0 spiro atoms. The Morgan fingerprint density at radius 3 is 2.56 bits per heavy atom. The lowest BCUT2D eigenvalue weighted by Crippen LogP contribution is -2.32. The number of fused-ring (bicyclic) bond motifs is 1. The maximum Gasteiger partial charge on any atom is 0.0705 e. The van der Waals surface area contributed by atoms with E-state index in [9.17, 15) is 0 Å². The molecule has 0 aliphatic carbocycles. The topological polar surface area (TPSA) is 24.9 Å². The van der Waals surface area contributed by atoms with Crippen LogP contribution in [0, 0.1) is 6.92 Å². The summed E-state index contributed by atoms with van der Waals surface area (Å²) in [7, 11) is 1.98. The second kappa shape index (κ2) is 3.87. The lowest BCUT2D eigenvalue weighted by molar-refractivity contribution is 0.445. The summed E-state index contributed by atoms with van der Waals surface area (Å²) in [4.78, 5) is 4.50. The lowest BCUT2D eigenvalue weighted by Gasteiger charge is -2.24. The van der Waals surface area contributed by atoms with Crippen molar-refractivity contribution in [1.29, 1.82) is 0 Å². The van der Waals surface area contributed by atoms with E-state index in [1.165, 1.54) is 10.9 Å². The number of hydrogen-bond donors (Lipinski definition) is 1. The van der Waals surface area contributed by atoms with Crippen LogP contribution in [-0.4, -0.2) is 12.0 Å². The molecule has 16 heavy (non-hydrogen) atoms. The Kier molecular flexibility index (Phi) is 2.68. The minimum absolute atomic E-state index is 0.000917. The number of benzene rings is 1. The molecule has 2 rings (SSSR count). The smallest absolute Gasteiger partial charge is 0.0705 e. The van der Waals surface area contributed by atoms with E-state index in [-0.39, 0.29) is 5.54 Å². The largest absolute Gasteiger partial charge is 0.311 e. The highest BCUT2D eigenvalue weighted by Gasteiger charge is 2.17. The lowest BCUT2D eigenvalue weighted by atomic mass is 9.93. The van der Waals surface area contributed by atoms with Gasteiger partial charge in [0.25, 0.3) is 0 Å². The van der Waals surface area contributed by atoms with Gasteiger partial charge in [0.05, 0.1) is 5.52 Å². The van der Waals surface area contributed by atoms with Crippen molar-refractivity contribution < 1.29 is 0 Å². The Morgan fingerprint density at radius 1 is 1.12 bits per heavy atom. The van der Waals surface area contributed by atoms with Gasteiger partial charge in [-0.15, -0.1) is 0 Å². The fourth-order valence-electron chi connectivity index (χ4n) is 1.76. The van der Waals surface area contributed by atoms with Crippen LogP contribution in [0.4, 0.5) is 0 Å². The third-order valence-corrected chi connectivity index (χ3v) is 3.18. The van der Waals surface area contributed by atoms with Crippen molar-refractivity contribution in [2.75, 3.05) is 7.05 Å². The van der Waals surface area contributed by atoms with Gasteiger partial charge in [-0.3, -0.25) is 4.98 Å². The maximum atomic E-state index is 4.50. The van der Waals surface area contributed by atoms with E-state index in [4.69, 9.17) is 0 Å². The average Bonchev–Trinajstić information content (AvgIpc) is 2.28. The summed E-state index contributed by atoms with van der Waals surface area (Å²) in [6.07, 6.45) is 0. The molecule has 1 heterocycles. The number of pyridine rings is 1. The molecule has 0 fully saturated rings. The van der Waals surface area contributed by atoms with Crippen LogP contribution in [0.25, 0.3) is 10.9 Å². The number of aromatic nitrogens is 1. The van der Waals surface area contributed by atoms with Crippen molar-refractivity contribution in [3.63, 3.8) is 0 Å². The highest BCUT2D eigenvalue weighted by molar-refractivity contribution is 5.79. The van der Waals surface area contributed by atoms with Crippen LogP contribution in [0.2, 0.25) is 0 Å². The van der Waals surface area contributed by atoms with Crippen molar-refractivity contribution in [3.05, 3.63) is 41.6 Å². The summed E-state index contributed by atoms with van der Waals surface area (Å²) in [5.41, 5.74) is 3.41. The molecular formula is C14H18N2. The van der Waals surface area contributed by atoms with Gasteiger partial charge in [-0.05, 0) is 51.6 Å². The molecule has 84 valence electrons. The van der Waals surface area contributed by atoms with Crippen molar-refractivity contribution in [1.82, 2.24) is 10.3 Å². The first-order valence-corrected chi connectivity index (χ1v) is 5.60. The van der Waals surface area contributed by atoms with Crippen LogP contribution < -0.4 is 5.32 Å². The van der Waals surface area contributed by atoms with Crippen LogP contribution in [0.15, 0.2) is 30.3 Å². The van der Waals surface area contributed by atoms with Gasteiger partial charge in [0.1, 0.15) is 0 Å². The molecular weight excluding hydrogens is 196 g/mol. The van der Waals surface area contributed by atoms with E-state index >= 15 is 0 Å². The zero-order valence-corrected chi connectivity index (χ0v) is 10.3. The summed E-state index contributed by atoms with van der Waals surface area (Å²) in [5, 5.41) is 4.51. The molecule has 0 aliphatic heterocycles. The molecule has 2 aromatic rings. The van der Waals surface area contributed by atoms with E-state index < -0.39 is 0 Å². The quantitative estimate of drug-likeness (QED) is 0.831. The molecule has 1 aromatic carbocycles. The zero-order chi connectivity index (χ0) is 11.8. The predicted octanol–water partition coefficient (Wildman–Crippen LogP) is 3.00. The second-order valence-electron chi connectivity index (χ2n) is 4.74. The Balaban J connectivity index is 2.57. The van der Waals surface area contributed by atoms with Crippen molar-refractivity contribution in [2.45, 2.75) is 26.3 Å². The first-order chi connectivity index (χ1) is 7.53. The molecule has 1 N–H and O–H groups in total. The first kappa shape index (κ1) is 11.1. The fourth-order valence-corrected chi connectivity index (χ4v) is 1.76. The van der Waals surface area contributed by atoms with Gasteiger partial charge in [0.2, 0.25) is 0 Å². The molecule has 0 atom stereocenters. The summed E-state index contributed by atoms with van der Waals surface area (Å²) in [6.45, 7) is 6.37. The van der Waals surface area contributed by atoms with Crippen molar-refractivity contribution in [3.8, 4) is 0 Å². The summed E-state index contributed by atoms with van der Waals surface area (Å²) < 4.78 is 0. The minimum Gasteiger partial charge on any atom is -0.311 e. The molecule has 0 unspecified atom stereocenters. The summed E-state index contributed by atoms with van der Waals surface area (Å²) >= 11 is 0. The summed E-state index contributed by atoms with van der Waals surface area (Å²) in [5.74, 6) is 0. The van der Waals surface area contributed by atoms with Gasteiger partial charge in [-0.1, -0.05) is 12.1 Å². The molecule has 0 saturated heterocycles. The number of aryl methyl sites for hydroxylation is 1. The molecule has 0 amide bonds. The fraction of sp³-hybridized carbons (Fsp3) is 0.357. The Hall–Kier alpha value is -1.41. The van der Waals surface area contributed by atoms with E-state index in [2.05, 4.69) is 54.5 Å². The number of nitrogens with one attached hydrogen (secondary N) is 1. The second-order valence-corrected chi connectivity index (χ2v) is 4.74. The molecule has 2 heteroatoms. The molecule has 0 saturated carbocycles. The van der Waals surface area contributed by atoms with Crippen molar-refractivity contribution >= 4 is 10.9 Å². The average molecular weight is 214 g/mol. The van der Waals surface area contributed by atoms with Crippen molar-refractivity contribution in [2.24, 2.45) is 0 Å². The minimum atomic E-state index is -0.000917. The first-order valence-electron chi connectivity index (χ1n) is 5.60. The van der Waals surface area contributed by atoms with E-state index in [1.54, 1.807) is 0 Å². The maximum absolute atomic E-state index is 4.50. The molecule has 0 bridgehead atoms. The van der Waals surface area contributed by atoms with Gasteiger partial charge in [-0.25, -0.2) is 0 Å². The molecule has 0 radical (unpaired) electrons. The highest BCUT2D eigenvalue weighted by atomic mass is 14.9. The summed E-state index contributed by atoms with van der Waals surface area (Å²) in [6, 6.07) is 10.6. The molecule has 2 nitrogen and oxygen atoms in total. The Labute approximate surface area is 96.7 Å². The highest BCUT2D eigenvalue weighted by Crippen LogP contribution is 2.23. The third-order valence-electron chi connectivity index (χ3n) is 3.18.